The molecule has 1 aromatic rings. The molecule has 5 nitrogen and oxygen atoms in total. The summed E-state index contributed by atoms with van der Waals surface area (Å²) in [7, 11) is 0. The lowest BCUT2D eigenvalue weighted by Gasteiger charge is -2.38. The van der Waals surface area contributed by atoms with Gasteiger partial charge in [0, 0.05) is 6.20 Å². The Hall–Kier alpha value is -1.65. The molecule has 0 unspecified atom stereocenters. The van der Waals surface area contributed by atoms with Crippen LogP contribution < -0.4 is 5.73 Å². The number of amides is 1. The van der Waals surface area contributed by atoms with Crippen molar-refractivity contribution >= 4 is 12.2 Å². The van der Waals surface area contributed by atoms with Crippen LogP contribution in [0.15, 0.2) is 6.20 Å². The van der Waals surface area contributed by atoms with Gasteiger partial charge < -0.3 is 15.1 Å². The maximum atomic E-state index is 11.0. The second kappa shape index (κ2) is 2.94. The van der Waals surface area contributed by atoms with Gasteiger partial charge in [0.15, 0.2) is 5.82 Å². The van der Waals surface area contributed by atoms with Crippen molar-refractivity contribution in [3.63, 3.8) is 0 Å². The van der Waals surface area contributed by atoms with E-state index in [2.05, 4.69) is 11.2 Å². The highest BCUT2D eigenvalue weighted by Crippen LogP contribution is 2.37. The molecule has 0 bridgehead atoms. The number of carbonyl (C=O) groups excluding carboxylic acids is 2. The van der Waals surface area contributed by atoms with Crippen LogP contribution in [0.1, 0.15) is 29.9 Å². The van der Waals surface area contributed by atoms with Crippen LogP contribution in [0.4, 0.5) is 0 Å². The van der Waals surface area contributed by atoms with Crippen LogP contribution in [0.5, 0.6) is 0 Å². The topological polar surface area (TPSA) is 78.0 Å². The molecular weight excluding hydrogens is 182 g/mol. The molecule has 1 radical (unpaired) electrons. The van der Waals surface area contributed by atoms with E-state index in [9.17, 15) is 9.59 Å². The largest absolute Gasteiger partial charge is 0.363 e. The number of rotatable bonds is 3. The van der Waals surface area contributed by atoms with Crippen LogP contribution in [-0.2, 0) is 10.3 Å². The Bertz CT molecular complexity index is 379. The fourth-order valence-corrected chi connectivity index (χ4v) is 1.73. The fourth-order valence-electron chi connectivity index (χ4n) is 1.73. The minimum Gasteiger partial charge on any atom is -0.363 e. The molecule has 1 aromatic heterocycles. The molecule has 1 aliphatic carbocycles. The highest BCUT2D eigenvalue weighted by atomic mass is 16.1. The second-order valence-electron chi connectivity index (χ2n) is 3.50. The van der Waals surface area contributed by atoms with E-state index in [1.54, 1.807) is 0 Å². The molecule has 73 valence electrons. The first-order chi connectivity index (χ1) is 6.69. The van der Waals surface area contributed by atoms with E-state index in [4.69, 9.17) is 5.73 Å². The molecule has 1 heterocycles. The number of aromatic nitrogens is 2. The molecule has 0 saturated heterocycles. The maximum absolute atomic E-state index is 11.0. The average Bonchev–Trinajstić information content (AvgIpc) is 2.52. The predicted molar refractivity (Wildman–Crippen MR) is 47.5 cm³/mol. The monoisotopic (exact) mass is 192 g/mol. The maximum Gasteiger partial charge on any atom is 0.284 e. The number of hydrogen-bond acceptors (Lipinski definition) is 3. The summed E-state index contributed by atoms with van der Waals surface area (Å²) in [6, 6.07) is 0. The van der Waals surface area contributed by atoms with Crippen LogP contribution in [0.2, 0.25) is 0 Å². The fraction of sp³-hybridized carbons (Fsp3) is 0.444. The quantitative estimate of drug-likeness (QED) is 0.677. The van der Waals surface area contributed by atoms with Crippen LogP contribution in [0.25, 0.3) is 0 Å². The lowest BCUT2D eigenvalue weighted by atomic mass is 9.77. The van der Waals surface area contributed by atoms with Gasteiger partial charge in [-0.2, -0.15) is 0 Å². The first-order valence-corrected chi connectivity index (χ1v) is 4.42. The van der Waals surface area contributed by atoms with Gasteiger partial charge in [0.25, 0.3) is 5.91 Å². The van der Waals surface area contributed by atoms with Gasteiger partial charge in [-0.05, 0) is 19.3 Å². The summed E-state index contributed by atoms with van der Waals surface area (Å²) in [6.45, 7) is 0. The first kappa shape index (κ1) is 8.93. The SMILES string of the molecule is NC(=O)c1n[c]cn1C1(C=O)CCC1. The number of carbonyl (C=O) groups is 2. The van der Waals surface area contributed by atoms with Crippen LogP contribution in [0, 0.1) is 6.20 Å². The number of aldehydes is 1. The summed E-state index contributed by atoms with van der Waals surface area (Å²) < 4.78 is 1.53. The lowest BCUT2D eigenvalue weighted by molar-refractivity contribution is -0.119. The van der Waals surface area contributed by atoms with Gasteiger partial charge in [-0.3, -0.25) is 4.79 Å². The van der Waals surface area contributed by atoms with Crippen molar-refractivity contribution < 1.29 is 9.59 Å². The number of nitrogens with two attached hydrogens (primary N) is 1. The zero-order chi connectivity index (χ0) is 10.2. The molecule has 1 aliphatic rings. The smallest absolute Gasteiger partial charge is 0.284 e. The van der Waals surface area contributed by atoms with Gasteiger partial charge in [0.05, 0.1) is 0 Å². The molecule has 2 rings (SSSR count). The van der Waals surface area contributed by atoms with Crippen molar-refractivity contribution in [2.45, 2.75) is 24.8 Å². The minimum absolute atomic E-state index is 0.108. The Morgan fingerprint density at radius 1 is 1.71 bits per heavy atom. The summed E-state index contributed by atoms with van der Waals surface area (Å²) in [5.74, 6) is -0.517. The van der Waals surface area contributed by atoms with Crippen molar-refractivity contribution in [2.75, 3.05) is 0 Å². The summed E-state index contributed by atoms with van der Waals surface area (Å²) in [6.07, 6.45) is 7.36. The van der Waals surface area contributed by atoms with E-state index in [1.807, 2.05) is 0 Å². The van der Waals surface area contributed by atoms with Crippen LogP contribution >= 0.6 is 0 Å². The summed E-state index contributed by atoms with van der Waals surface area (Å²) in [4.78, 5) is 25.7. The molecule has 14 heavy (non-hydrogen) atoms. The van der Waals surface area contributed by atoms with Crippen molar-refractivity contribution in [2.24, 2.45) is 5.73 Å². The summed E-state index contributed by atoms with van der Waals surface area (Å²) in [5.41, 5.74) is 4.53. The molecule has 1 fully saturated rings. The van der Waals surface area contributed by atoms with E-state index in [0.717, 1.165) is 25.5 Å². The zero-order valence-electron chi connectivity index (χ0n) is 7.56. The van der Waals surface area contributed by atoms with E-state index in [0.29, 0.717) is 0 Å². The van der Waals surface area contributed by atoms with Gasteiger partial charge in [0.1, 0.15) is 18.0 Å². The first-order valence-electron chi connectivity index (χ1n) is 4.42. The second-order valence-corrected chi connectivity index (χ2v) is 3.50. The van der Waals surface area contributed by atoms with Gasteiger partial charge in [-0.1, -0.05) is 0 Å². The highest BCUT2D eigenvalue weighted by Gasteiger charge is 2.40. The number of primary amides is 1. The van der Waals surface area contributed by atoms with Gasteiger partial charge >= 0.3 is 0 Å². The van der Waals surface area contributed by atoms with Gasteiger partial charge in [0.2, 0.25) is 0 Å². The molecule has 0 atom stereocenters. The predicted octanol–water partition coefficient (Wildman–Crippen LogP) is -0.140. The Labute approximate surface area is 80.9 Å². The molecule has 5 heteroatoms. The number of hydrogen-bond donors (Lipinski definition) is 1. The highest BCUT2D eigenvalue weighted by molar-refractivity contribution is 5.89. The standard InChI is InChI=1S/C9H10N3O2/c10-7(14)8-11-4-5-12(8)9(6-13)2-1-3-9/h5-6H,1-3H2,(H2,10,14). The molecule has 1 amide bonds. The molecule has 0 aliphatic heterocycles. The van der Waals surface area contributed by atoms with E-state index >= 15 is 0 Å². The number of nitrogens with zero attached hydrogens (tertiary/aromatic N) is 2. The van der Waals surface area contributed by atoms with Gasteiger partial charge in [-0.25, -0.2) is 4.98 Å². The average molecular weight is 192 g/mol. The van der Waals surface area contributed by atoms with Crippen LogP contribution in [-0.4, -0.2) is 21.7 Å². The van der Waals surface area contributed by atoms with Gasteiger partial charge in [-0.15, -0.1) is 0 Å². The summed E-state index contributed by atoms with van der Waals surface area (Å²) in [5, 5.41) is 0. The van der Waals surface area contributed by atoms with E-state index in [-0.39, 0.29) is 5.82 Å². The molecular formula is C9H10N3O2. The zero-order valence-corrected chi connectivity index (χ0v) is 7.56. The third-order valence-corrected chi connectivity index (χ3v) is 2.72. The lowest BCUT2D eigenvalue weighted by Crippen LogP contribution is -2.44. The molecule has 1 saturated carbocycles. The van der Waals surface area contributed by atoms with Crippen molar-refractivity contribution in [1.82, 2.24) is 9.55 Å². The number of imidazole rings is 1. The molecule has 0 spiro atoms. The Kier molecular flexibility index (Phi) is 1.87. The van der Waals surface area contributed by atoms with Crippen molar-refractivity contribution in [3.8, 4) is 0 Å². The normalized spacial score (nSPS) is 18.6. The van der Waals surface area contributed by atoms with Crippen LogP contribution in [0.3, 0.4) is 0 Å². The third-order valence-electron chi connectivity index (χ3n) is 2.72. The summed E-state index contributed by atoms with van der Waals surface area (Å²) >= 11 is 0. The van der Waals surface area contributed by atoms with E-state index < -0.39 is 11.4 Å². The molecule has 2 N–H and O–H groups in total. The third kappa shape index (κ3) is 1.05. The Morgan fingerprint density at radius 2 is 2.43 bits per heavy atom. The van der Waals surface area contributed by atoms with Crippen molar-refractivity contribution in [1.29, 1.82) is 0 Å². The minimum atomic E-state index is -0.626. The van der Waals surface area contributed by atoms with Crippen molar-refractivity contribution in [3.05, 3.63) is 18.2 Å². The molecule has 0 aromatic carbocycles. The Balaban J connectivity index is 2.44. The Morgan fingerprint density at radius 3 is 2.86 bits per heavy atom. The van der Waals surface area contributed by atoms with E-state index in [1.165, 1.54) is 10.8 Å².